The first-order valence-corrected chi connectivity index (χ1v) is 10.2. The lowest BCUT2D eigenvalue weighted by atomic mass is 10.0. The first-order valence-electron chi connectivity index (χ1n) is 10.2. The van der Waals surface area contributed by atoms with Crippen molar-refractivity contribution in [1.82, 2.24) is 15.3 Å². The zero-order valence-corrected chi connectivity index (χ0v) is 17.3. The fourth-order valence-corrected chi connectivity index (χ4v) is 3.48. The van der Waals surface area contributed by atoms with Gasteiger partial charge in [0, 0.05) is 43.8 Å². The third-order valence-electron chi connectivity index (χ3n) is 5.34. The van der Waals surface area contributed by atoms with E-state index in [1.54, 1.807) is 0 Å². The van der Waals surface area contributed by atoms with Gasteiger partial charge in [-0.15, -0.1) is 0 Å². The number of rotatable bonds is 7. The molecule has 0 bridgehead atoms. The highest BCUT2D eigenvalue weighted by atomic mass is 16.1. The molecule has 1 saturated carbocycles. The van der Waals surface area contributed by atoms with E-state index in [1.807, 2.05) is 73.6 Å². The van der Waals surface area contributed by atoms with Gasteiger partial charge >= 0.3 is 0 Å². The monoisotopic (exact) mass is 402 g/mol. The summed E-state index contributed by atoms with van der Waals surface area (Å²) in [5.41, 5.74) is 3.16. The van der Waals surface area contributed by atoms with Crippen LogP contribution in [0.15, 0.2) is 65.5 Å². The predicted molar refractivity (Wildman–Crippen MR) is 118 cm³/mol. The SMILES string of the molecule is CN(C)c1ccc(C(=O)N[C@H](Cc2cc(=O)[nH]c(C3CC3)n2)c2ccccc2)cc1. The third-order valence-corrected chi connectivity index (χ3v) is 5.34. The van der Waals surface area contributed by atoms with Gasteiger partial charge in [0.1, 0.15) is 5.82 Å². The number of hydrogen-bond donors (Lipinski definition) is 2. The molecule has 2 aromatic carbocycles. The minimum atomic E-state index is -0.284. The molecule has 1 aromatic heterocycles. The van der Waals surface area contributed by atoms with E-state index in [0.717, 1.165) is 29.9 Å². The molecule has 6 nitrogen and oxygen atoms in total. The Balaban J connectivity index is 1.57. The molecule has 2 N–H and O–H groups in total. The summed E-state index contributed by atoms with van der Waals surface area (Å²) in [6.07, 6.45) is 2.58. The van der Waals surface area contributed by atoms with E-state index >= 15 is 0 Å². The highest BCUT2D eigenvalue weighted by Gasteiger charge is 2.27. The Morgan fingerprint density at radius 2 is 1.83 bits per heavy atom. The molecule has 0 spiro atoms. The summed E-state index contributed by atoms with van der Waals surface area (Å²) < 4.78 is 0. The van der Waals surface area contributed by atoms with Crippen LogP contribution in [0, 0.1) is 0 Å². The average Bonchev–Trinajstić information content (AvgIpc) is 3.59. The van der Waals surface area contributed by atoms with Gasteiger partial charge in [-0.1, -0.05) is 30.3 Å². The number of carbonyl (C=O) groups excluding carboxylic acids is 1. The smallest absolute Gasteiger partial charge is 0.251 e. The van der Waals surface area contributed by atoms with Crippen molar-refractivity contribution in [3.8, 4) is 0 Å². The van der Waals surface area contributed by atoms with Crippen molar-refractivity contribution < 1.29 is 4.79 Å². The van der Waals surface area contributed by atoms with Crippen molar-refractivity contribution in [3.63, 3.8) is 0 Å². The number of aromatic nitrogens is 2. The maximum Gasteiger partial charge on any atom is 0.251 e. The number of benzene rings is 2. The second-order valence-corrected chi connectivity index (χ2v) is 7.98. The summed E-state index contributed by atoms with van der Waals surface area (Å²) in [6, 6.07) is 18.5. The molecule has 30 heavy (non-hydrogen) atoms. The number of nitrogens with zero attached hydrogens (tertiary/aromatic N) is 2. The predicted octanol–water partition coefficient (Wildman–Crippen LogP) is 3.43. The van der Waals surface area contributed by atoms with Gasteiger partial charge in [0.2, 0.25) is 0 Å². The first-order chi connectivity index (χ1) is 14.5. The van der Waals surface area contributed by atoms with Crippen molar-refractivity contribution in [3.05, 3.63) is 93.7 Å². The number of carbonyl (C=O) groups is 1. The molecule has 1 heterocycles. The second-order valence-electron chi connectivity index (χ2n) is 7.98. The Hall–Kier alpha value is -3.41. The summed E-state index contributed by atoms with van der Waals surface area (Å²) in [6.45, 7) is 0. The maximum atomic E-state index is 12.9. The molecule has 1 amide bonds. The van der Waals surface area contributed by atoms with Crippen LogP contribution in [0.3, 0.4) is 0 Å². The third kappa shape index (κ3) is 4.76. The van der Waals surface area contributed by atoms with Crippen LogP contribution in [0.5, 0.6) is 0 Å². The van der Waals surface area contributed by atoms with Crippen LogP contribution in [0.1, 0.15) is 52.2 Å². The van der Waals surface area contributed by atoms with Crippen molar-refractivity contribution in [2.45, 2.75) is 31.2 Å². The lowest BCUT2D eigenvalue weighted by molar-refractivity contribution is 0.0936. The lowest BCUT2D eigenvalue weighted by Gasteiger charge is -2.20. The van der Waals surface area contributed by atoms with Crippen molar-refractivity contribution in [2.24, 2.45) is 0 Å². The van der Waals surface area contributed by atoms with Crippen molar-refractivity contribution >= 4 is 11.6 Å². The molecule has 1 aliphatic rings. The number of nitrogens with one attached hydrogen (secondary N) is 2. The summed E-state index contributed by atoms with van der Waals surface area (Å²) in [5, 5.41) is 3.13. The van der Waals surface area contributed by atoms with Gasteiger partial charge in [-0.2, -0.15) is 0 Å². The van der Waals surface area contributed by atoms with Crippen LogP contribution < -0.4 is 15.8 Å². The Kier molecular flexibility index (Phi) is 5.65. The van der Waals surface area contributed by atoms with Crippen LogP contribution in [0.2, 0.25) is 0 Å². The van der Waals surface area contributed by atoms with Crippen LogP contribution in [-0.2, 0) is 6.42 Å². The molecule has 4 rings (SSSR count). The topological polar surface area (TPSA) is 78.1 Å². The van der Waals surface area contributed by atoms with Gasteiger partial charge in [0.25, 0.3) is 11.5 Å². The van der Waals surface area contributed by atoms with Crippen LogP contribution in [0.4, 0.5) is 5.69 Å². The highest BCUT2D eigenvalue weighted by Crippen LogP contribution is 2.37. The molecular weight excluding hydrogens is 376 g/mol. The minimum absolute atomic E-state index is 0.140. The first kappa shape index (κ1) is 19.9. The zero-order chi connectivity index (χ0) is 21.1. The van der Waals surface area contributed by atoms with Gasteiger partial charge < -0.3 is 15.2 Å². The van der Waals surface area contributed by atoms with Crippen molar-refractivity contribution in [1.29, 1.82) is 0 Å². The quantitative estimate of drug-likeness (QED) is 0.635. The van der Waals surface area contributed by atoms with E-state index in [0.29, 0.717) is 23.6 Å². The molecule has 1 fully saturated rings. The molecule has 6 heteroatoms. The zero-order valence-electron chi connectivity index (χ0n) is 17.3. The van der Waals surface area contributed by atoms with Gasteiger partial charge in [-0.05, 0) is 42.7 Å². The standard InChI is InChI=1S/C24H26N4O2/c1-28(2)20-12-10-18(11-13-20)24(30)26-21(16-6-4-3-5-7-16)14-19-15-22(29)27-23(25-19)17-8-9-17/h3-7,10-13,15,17,21H,8-9,14H2,1-2H3,(H,26,30)(H,25,27,29)/t21-/m1/s1. The fourth-order valence-electron chi connectivity index (χ4n) is 3.48. The molecule has 154 valence electrons. The van der Waals surface area contributed by atoms with E-state index in [9.17, 15) is 9.59 Å². The van der Waals surface area contributed by atoms with E-state index in [4.69, 9.17) is 0 Å². The van der Waals surface area contributed by atoms with Gasteiger partial charge in [0.05, 0.1) is 11.7 Å². The molecule has 0 unspecified atom stereocenters. The van der Waals surface area contributed by atoms with Gasteiger partial charge in [-0.25, -0.2) is 4.98 Å². The van der Waals surface area contributed by atoms with E-state index in [1.165, 1.54) is 6.07 Å². The molecular formula is C24H26N4O2. The molecule has 0 radical (unpaired) electrons. The number of anilines is 1. The summed E-state index contributed by atoms with van der Waals surface area (Å²) in [4.78, 5) is 34.5. The fraction of sp³-hybridized carbons (Fsp3) is 0.292. The number of H-pyrrole nitrogens is 1. The van der Waals surface area contributed by atoms with Crippen LogP contribution >= 0.6 is 0 Å². The Bertz CT molecular complexity index is 1070. The van der Waals surface area contributed by atoms with E-state index < -0.39 is 0 Å². The average molecular weight is 402 g/mol. The summed E-state index contributed by atoms with van der Waals surface area (Å²) in [7, 11) is 3.93. The van der Waals surface area contributed by atoms with Gasteiger partial charge in [-0.3, -0.25) is 9.59 Å². The number of amides is 1. The summed E-state index contributed by atoms with van der Waals surface area (Å²) in [5.74, 6) is 0.967. The number of aromatic amines is 1. The van der Waals surface area contributed by atoms with E-state index in [2.05, 4.69) is 15.3 Å². The van der Waals surface area contributed by atoms with E-state index in [-0.39, 0.29) is 17.5 Å². The number of hydrogen-bond acceptors (Lipinski definition) is 4. The molecule has 0 aliphatic heterocycles. The Morgan fingerprint density at radius 3 is 2.47 bits per heavy atom. The normalized spacial score (nSPS) is 14.2. The molecule has 0 saturated heterocycles. The second kappa shape index (κ2) is 8.53. The molecule has 3 aromatic rings. The van der Waals surface area contributed by atoms with Crippen LogP contribution in [-0.4, -0.2) is 30.0 Å². The Labute approximate surface area is 176 Å². The minimum Gasteiger partial charge on any atom is -0.378 e. The van der Waals surface area contributed by atoms with Gasteiger partial charge in [0.15, 0.2) is 0 Å². The lowest BCUT2D eigenvalue weighted by Crippen LogP contribution is -2.30. The van der Waals surface area contributed by atoms with Crippen molar-refractivity contribution in [2.75, 3.05) is 19.0 Å². The highest BCUT2D eigenvalue weighted by molar-refractivity contribution is 5.94. The largest absolute Gasteiger partial charge is 0.378 e. The maximum absolute atomic E-state index is 12.9. The van der Waals surface area contributed by atoms with Crippen LogP contribution in [0.25, 0.3) is 0 Å². The molecule has 1 atom stereocenters. The summed E-state index contributed by atoms with van der Waals surface area (Å²) >= 11 is 0. The molecule has 1 aliphatic carbocycles. The Morgan fingerprint density at radius 1 is 1.13 bits per heavy atom.